The van der Waals surface area contributed by atoms with Gasteiger partial charge in [-0.3, -0.25) is 0 Å². The Hall–Kier alpha value is -0.750. The lowest BCUT2D eigenvalue weighted by Gasteiger charge is -2.18. The molecule has 2 nitrogen and oxygen atoms in total. The van der Waals surface area contributed by atoms with Gasteiger partial charge in [0, 0.05) is 17.5 Å². The Labute approximate surface area is 105 Å². The van der Waals surface area contributed by atoms with Crippen molar-refractivity contribution in [2.45, 2.75) is 24.4 Å². The van der Waals surface area contributed by atoms with Crippen molar-refractivity contribution in [3.8, 4) is 5.75 Å². The molecule has 0 atom stereocenters. The maximum Gasteiger partial charge on any atom is 0.416 e. The smallest absolute Gasteiger partial charge is 0.416 e. The summed E-state index contributed by atoms with van der Waals surface area (Å²) in [6.45, 7) is 0.244. The van der Waals surface area contributed by atoms with Gasteiger partial charge in [-0.1, -0.05) is 0 Å². The summed E-state index contributed by atoms with van der Waals surface area (Å²) in [6.07, 6.45) is -2.99. The molecule has 17 heavy (non-hydrogen) atoms. The van der Waals surface area contributed by atoms with Gasteiger partial charge in [0.2, 0.25) is 0 Å². The number of phenolic OH excluding ortho intramolecular Hbond substituents is 1. The number of rotatable bonds is 2. The van der Waals surface area contributed by atoms with Crippen LogP contribution in [-0.2, 0) is 11.6 Å². The highest BCUT2D eigenvalue weighted by Gasteiger charge is 2.46. The Bertz CT molecular complexity index is 455. The number of halogens is 4. The highest BCUT2D eigenvalue weighted by atomic mass is 79.9. The molecular weight excluding hydrogens is 299 g/mol. The molecule has 1 saturated carbocycles. The molecule has 0 amide bonds. The summed E-state index contributed by atoms with van der Waals surface area (Å²) in [5.41, 5.74) is 4.62. The van der Waals surface area contributed by atoms with Crippen LogP contribution in [0.2, 0.25) is 0 Å². The first-order valence-corrected chi connectivity index (χ1v) is 5.90. The molecule has 0 bridgehead atoms. The standard InChI is InChI=1S/C11H11BrF3NO/c12-8-4-6(11(13,14)15)3-7(9(8)17)10(5-16)1-2-10/h3-4,17H,1-2,5,16H2. The predicted octanol–water partition coefficient (Wildman–Crippen LogP) is 3.16. The summed E-state index contributed by atoms with van der Waals surface area (Å²) in [5.74, 6) is -0.138. The van der Waals surface area contributed by atoms with Gasteiger partial charge in [-0.2, -0.15) is 13.2 Å². The molecular formula is C11H11BrF3NO. The van der Waals surface area contributed by atoms with Gasteiger partial charge in [0.25, 0.3) is 0 Å². The number of hydrogen-bond donors (Lipinski definition) is 2. The van der Waals surface area contributed by atoms with Gasteiger partial charge in [0.05, 0.1) is 10.0 Å². The quantitative estimate of drug-likeness (QED) is 0.881. The highest BCUT2D eigenvalue weighted by Crippen LogP contribution is 2.52. The summed E-state index contributed by atoms with van der Waals surface area (Å²) in [5, 5.41) is 9.82. The van der Waals surface area contributed by atoms with Crippen molar-refractivity contribution in [2.75, 3.05) is 6.54 Å². The molecule has 1 aliphatic carbocycles. The van der Waals surface area contributed by atoms with Gasteiger partial charge < -0.3 is 10.8 Å². The van der Waals surface area contributed by atoms with E-state index in [1.54, 1.807) is 0 Å². The van der Waals surface area contributed by atoms with Crippen molar-refractivity contribution < 1.29 is 18.3 Å². The van der Waals surface area contributed by atoms with Crippen LogP contribution in [0, 0.1) is 0 Å². The number of hydrogen-bond acceptors (Lipinski definition) is 2. The van der Waals surface area contributed by atoms with Crippen LogP contribution in [0.4, 0.5) is 13.2 Å². The summed E-state index contributed by atoms with van der Waals surface area (Å²) < 4.78 is 38.0. The Balaban J connectivity index is 2.56. The predicted molar refractivity (Wildman–Crippen MR) is 60.8 cm³/mol. The number of benzene rings is 1. The fourth-order valence-electron chi connectivity index (χ4n) is 1.90. The number of alkyl halides is 3. The molecule has 0 radical (unpaired) electrons. The minimum absolute atomic E-state index is 0.0575. The van der Waals surface area contributed by atoms with E-state index in [2.05, 4.69) is 15.9 Å². The van der Waals surface area contributed by atoms with Gasteiger partial charge in [0.1, 0.15) is 5.75 Å². The highest BCUT2D eigenvalue weighted by molar-refractivity contribution is 9.10. The molecule has 6 heteroatoms. The SMILES string of the molecule is NCC1(c2cc(C(F)(F)F)cc(Br)c2O)CC1. The third-order valence-corrected chi connectivity index (χ3v) is 3.81. The third-order valence-electron chi connectivity index (χ3n) is 3.21. The molecule has 2 rings (SSSR count). The second-order valence-electron chi connectivity index (χ2n) is 4.34. The summed E-state index contributed by atoms with van der Waals surface area (Å²) in [6, 6.07) is 1.88. The first-order valence-electron chi connectivity index (χ1n) is 5.10. The zero-order valence-corrected chi connectivity index (χ0v) is 10.4. The van der Waals surface area contributed by atoms with E-state index in [1.807, 2.05) is 0 Å². The fourth-order valence-corrected chi connectivity index (χ4v) is 2.36. The zero-order valence-electron chi connectivity index (χ0n) is 8.81. The second-order valence-corrected chi connectivity index (χ2v) is 5.19. The maximum absolute atomic E-state index is 12.7. The van der Waals surface area contributed by atoms with Crippen LogP contribution in [0.1, 0.15) is 24.0 Å². The van der Waals surface area contributed by atoms with Gasteiger partial charge in [-0.15, -0.1) is 0 Å². The van der Waals surface area contributed by atoms with E-state index in [9.17, 15) is 18.3 Å². The Kier molecular flexibility index (Phi) is 2.90. The molecule has 0 unspecified atom stereocenters. The maximum atomic E-state index is 12.7. The molecule has 0 aromatic heterocycles. The Morgan fingerprint density at radius 1 is 1.35 bits per heavy atom. The first kappa shape index (κ1) is 12.7. The van der Waals surface area contributed by atoms with Crippen LogP contribution < -0.4 is 5.73 Å². The van der Waals surface area contributed by atoms with E-state index in [4.69, 9.17) is 5.73 Å². The third kappa shape index (κ3) is 2.15. The molecule has 0 spiro atoms. The van der Waals surface area contributed by atoms with Gasteiger partial charge in [-0.05, 0) is 40.9 Å². The molecule has 1 aliphatic rings. The lowest BCUT2D eigenvalue weighted by atomic mass is 9.93. The van der Waals surface area contributed by atoms with E-state index < -0.39 is 17.2 Å². The molecule has 0 aliphatic heterocycles. The van der Waals surface area contributed by atoms with Crippen molar-refractivity contribution >= 4 is 15.9 Å². The fraction of sp³-hybridized carbons (Fsp3) is 0.455. The van der Waals surface area contributed by atoms with Crippen LogP contribution in [0.3, 0.4) is 0 Å². The van der Waals surface area contributed by atoms with Crippen molar-refractivity contribution in [1.29, 1.82) is 0 Å². The van der Waals surface area contributed by atoms with E-state index in [0.717, 1.165) is 12.1 Å². The molecule has 3 N–H and O–H groups in total. The average Bonchev–Trinajstić information content (AvgIpc) is 3.01. The molecule has 1 aromatic rings. The lowest BCUT2D eigenvalue weighted by Crippen LogP contribution is -2.21. The minimum atomic E-state index is -4.42. The molecule has 1 aromatic carbocycles. The number of nitrogens with two attached hydrogens (primary N) is 1. The summed E-state index contributed by atoms with van der Waals surface area (Å²) in [7, 11) is 0. The van der Waals surface area contributed by atoms with Gasteiger partial charge >= 0.3 is 6.18 Å². The summed E-state index contributed by atoms with van der Waals surface area (Å²) in [4.78, 5) is 0. The Morgan fingerprint density at radius 3 is 2.35 bits per heavy atom. The molecule has 94 valence electrons. The second kappa shape index (κ2) is 3.88. The van der Waals surface area contributed by atoms with Crippen LogP contribution in [0.15, 0.2) is 16.6 Å². The van der Waals surface area contributed by atoms with Gasteiger partial charge in [-0.25, -0.2) is 0 Å². The van der Waals surface area contributed by atoms with Crippen molar-refractivity contribution in [1.82, 2.24) is 0 Å². The Morgan fingerprint density at radius 2 is 1.94 bits per heavy atom. The van der Waals surface area contributed by atoms with Gasteiger partial charge in [0.15, 0.2) is 0 Å². The minimum Gasteiger partial charge on any atom is -0.506 e. The van der Waals surface area contributed by atoms with E-state index in [0.29, 0.717) is 18.4 Å². The first-order chi connectivity index (χ1) is 7.80. The van der Waals surface area contributed by atoms with E-state index in [-0.39, 0.29) is 16.8 Å². The zero-order chi connectivity index (χ0) is 12.8. The number of phenols is 1. The van der Waals surface area contributed by atoms with Crippen LogP contribution in [-0.4, -0.2) is 11.7 Å². The van der Waals surface area contributed by atoms with Crippen LogP contribution >= 0.6 is 15.9 Å². The largest absolute Gasteiger partial charge is 0.506 e. The topological polar surface area (TPSA) is 46.2 Å². The normalized spacial score (nSPS) is 18.2. The average molecular weight is 310 g/mol. The van der Waals surface area contributed by atoms with E-state index in [1.165, 1.54) is 0 Å². The van der Waals surface area contributed by atoms with Crippen molar-refractivity contribution in [3.63, 3.8) is 0 Å². The van der Waals surface area contributed by atoms with Crippen molar-refractivity contribution in [3.05, 3.63) is 27.7 Å². The van der Waals surface area contributed by atoms with Crippen LogP contribution in [0.5, 0.6) is 5.75 Å². The van der Waals surface area contributed by atoms with Crippen molar-refractivity contribution in [2.24, 2.45) is 5.73 Å². The summed E-state index contributed by atoms with van der Waals surface area (Å²) >= 11 is 2.95. The lowest BCUT2D eigenvalue weighted by molar-refractivity contribution is -0.137. The van der Waals surface area contributed by atoms with E-state index >= 15 is 0 Å². The van der Waals surface area contributed by atoms with Crippen LogP contribution in [0.25, 0.3) is 0 Å². The number of aromatic hydroxyl groups is 1. The molecule has 0 saturated heterocycles. The monoisotopic (exact) mass is 309 g/mol. The molecule has 0 heterocycles. The molecule has 1 fully saturated rings.